The lowest BCUT2D eigenvalue weighted by Crippen LogP contribution is -2.50. The largest absolute Gasteiger partial charge is 0.735 e. The van der Waals surface area contributed by atoms with Crippen molar-refractivity contribution in [2.45, 2.75) is 5.79 Å². The van der Waals surface area contributed by atoms with Crippen LogP contribution in [0.1, 0.15) is 5.56 Å². The summed E-state index contributed by atoms with van der Waals surface area (Å²) in [5.74, 6) is -4.34. The molecular formula is C7H3N5O10. The number of benzene rings is 1. The van der Waals surface area contributed by atoms with Crippen molar-refractivity contribution in [2.75, 3.05) is 0 Å². The lowest BCUT2D eigenvalue weighted by Gasteiger charge is -2.08. The first-order valence-corrected chi connectivity index (χ1v) is 4.94. The quantitative estimate of drug-likeness (QED) is 0.400. The molecular weight excluding hydrogens is 314 g/mol. The van der Waals surface area contributed by atoms with Crippen LogP contribution in [0.2, 0.25) is 0 Å². The van der Waals surface area contributed by atoms with Gasteiger partial charge in [0.15, 0.2) is 14.8 Å². The van der Waals surface area contributed by atoms with Crippen molar-refractivity contribution in [3.05, 3.63) is 74.3 Å². The van der Waals surface area contributed by atoms with Gasteiger partial charge in [0.1, 0.15) is 0 Å². The highest BCUT2D eigenvalue weighted by atomic mass is 16.7. The molecule has 15 heteroatoms. The van der Waals surface area contributed by atoms with Gasteiger partial charge in [-0.1, -0.05) is 6.07 Å². The number of nitro groups is 5. The number of hydrogen-bond donors (Lipinski definition) is 0. The predicted molar refractivity (Wildman–Crippen MR) is 62.4 cm³/mol. The molecule has 22 heavy (non-hydrogen) atoms. The lowest BCUT2D eigenvalue weighted by molar-refractivity contribution is -0.986. The van der Waals surface area contributed by atoms with Gasteiger partial charge in [-0.3, -0.25) is 50.6 Å². The Bertz CT molecular complexity index is 678. The average molecular weight is 317 g/mol. The van der Waals surface area contributed by atoms with E-state index < -0.39 is 47.3 Å². The molecule has 0 saturated heterocycles. The second-order valence-electron chi connectivity index (χ2n) is 3.59. The van der Waals surface area contributed by atoms with Crippen LogP contribution in [0.25, 0.3) is 0 Å². The fourth-order valence-electron chi connectivity index (χ4n) is 1.64. The van der Waals surface area contributed by atoms with Crippen LogP contribution in [0.15, 0.2) is 18.2 Å². The Morgan fingerprint density at radius 2 is 1.18 bits per heavy atom. The smallest absolute Gasteiger partial charge is 0.258 e. The van der Waals surface area contributed by atoms with E-state index in [1.54, 1.807) is 0 Å². The summed E-state index contributed by atoms with van der Waals surface area (Å²) in [6.45, 7) is 0. The minimum atomic E-state index is -4.34. The van der Waals surface area contributed by atoms with Crippen LogP contribution in [0.5, 0.6) is 0 Å². The van der Waals surface area contributed by atoms with E-state index in [9.17, 15) is 50.6 Å². The molecule has 0 atom stereocenters. The van der Waals surface area contributed by atoms with Gasteiger partial charge in [-0.25, -0.2) is 0 Å². The maximum atomic E-state index is 10.9. The maximum absolute atomic E-state index is 10.9. The third-order valence-corrected chi connectivity index (χ3v) is 2.52. The predicted octanol–water partition coefficient (Wildman–Crippen LogP) is 0.443. The molecule has 0 aliphatic heterocycles. The van der Waals surface area contributed by atoms with Crippen molar-refractivity contribution in [3.63, 3.8) is 0 Å². The average Bonchev–Trinajstić information content (AvgIpc) is 2.37. The zero-order chi connectivity index (χ0) is 17.2. The number of nitro benzene ring substituents is 2. The number of nitrogens with zero attached hydrogens (tertiary/aromatic N) is 5. The molecule has 0 fully saturated rings. The van der Waals surface area contributed by atoms with Crippen molar-refractivity contribution in [3.8, 4) is 0 Å². The molecule has 1 aromatic rings. The molecule has 1 rings (SSSR count). The summed E-state index contributed by atoms with van der Waals surface area (Å²) in [6, 6.07) is 1.51. The van der Waals surface area contributed by atoms with Gasteiger partial charge in [-0.2, -0.15) is 0 Å². The van der Waals surface area contributed by atoms with Crippen molar-refractivity contribution in [1.29, 1.82) is 0 Å². The summed E-state index contributed by atoms with van der Waals surface area (Å²) < 4.78 is 0. The maximum Gasteiger partial charge on any atom is 0.735 e. The Kier molecular flexibility index (Phi) is 3.93. The summed E-state index contributed by atoms with van der Waals surface area (Å²) in [7, 11) is 0. The van der Waals surface area contributed by atoms with Crippen LogP contribution < -0.4 is 0 Å². The van der Waals surface area contributed by atoms with Gasteiger partial charge in [-0.15, -0.1) is 0 Å². The summed E-state index contributed by atoms with van der Waals surface area (Å²) in [5, 5.41) is 54.3. The zero-order valence-corrected chi connectivity index (χ0v) is 10.1. The summed E-state index contributed by atoms with van der Waals surface area (Å²) in [4.78, 5) is 45.5. The molecule has 0 spiro atoms. The Hall–Kier alpha value is -3.78. The summed E-state index contributed by atoms with van der Waals surface area (Å²) in [6.07, 6.45) is 0. The molecule has 15 nitrogen and oxygen atoms in total. The first kappa shape index (κ1) is 16.3. The van der Waals surface area contributed by atoms with Crippen LogP contribution in [-0.4, -0.2) is 24.6 Å². The second-order valence-corrected chi connectivity index (χ2v) is 3.59. The highest BCUT2D eigenvalue weighted by molar-refractivity contribution is 5.58. The molecule has 1 aromatic carbocycles. The zero-order valence-electron chi connectivity index (χ0n) is 10.1. The molecule has 0 aromatic heterocycles. The SMILES string of the molecule is O=[N+]([O-])c1cccc(C([N+](=O)[O-])([N+](=O)[O-])[N+](=O)[O-])c1[N+](=O)[O-]. The van der Waals surface area contributed by atoms with Gasteiger partial charge >= 0.3 is 17.2 Å². The molecule has 0 aliphatic rings. The molecule has 0 saturated carbocycles. The van der Waals surface area contributed by atoms with Crippen LogP contribution >= 0.6 is 0 Å². The van der Waals surface area contributed by atoms with Crippen LogP contribution in [0.3, 0.4) is 0 Å². The number of para-hydroxylation sites is 1. The van der Waals surface area contributed by atoms with Crippen molar-refractivity contribution in [1.82, 2.24) is 0 Å². The van der Waals surface area contributed by atoms with Gasteiger partial charge in [0.05, 0.1) is 9.85 Å². The fraction of sp³-hybridized carbons (Fsp3) is 0.143. The van der Waals surface area contributed by atoms with Gasteiger partial charge < -0.3 is 0 Å². The Morgan fingerprint density at radius 1 is 0.727 bits per heavy atom. The minimum absolute atomic E-state index is 0.347. The number of hydrogen-bond acceptors (Lipinski definition) is 10. The van der Waals surface area contributed by atoms with Gasteiger partial charge in [0, 0.05) is 6.07 Å². The first-order valence-electron chi connectivity index (χ1n) is 4.94. The molecule has 0 aliphatic carbocycles. The molecule has 0 bridgehead atoms. The van der Waals surface area contributed by atoms with Crippen LogP contribution in [0, 0.1) is 50.6 Å². The monoisotopic (exact) mass is 317 g/mol. The standard InChI is InChI=1S/C7H3N5O10/c13-8(14)5-3-1-2-4(6(5)9(15)16)7(10(17)18,11(19)20)12(21)22/h1-3H. The van der Waals surface area contributed by atoms with Crippen LogP contribution in [-0.2, 0) is 5.79 Å². The van der Waals surface area contributed by atoms with Crippen LogP contribution in [0.4, 0.5) is 11.4 Å². The van der Waals surface area contributed by atoms with E-state index >= 15 is 0 Å². The highest BCUT2D eigenvalue weighted by Crippen LogP contribution is 2.39. The molecule has 0 N–H and O–H groups in total. The van der Waals surface area contributed by atoms with Crippen molar-refractivity contribution in [2.24, 2.45) is 0 Å². The van der Waals surface area contributed by atoms with E-state index in [0.29, 0.717) is 18.2 Å². The van der Waals surface area contributed by atoms with Crippen molar-refractivity contribution >= 4 is 11.4 Å². The Morgan fingerprint density at radius 3 is 1.50 bits per heavy atom. The van der Waals surface area contributed by atoms with E-state index in [2.05, 4.69) is 0 Å². The van der Waals surface area contributed by atoms with E-state index in [1.165, 1.54) is 0 Å². The molecule has 0 unspecified atom stereocenters. The molecule has 0 amide bonds. The highest BCUT2D eigenvalue weighted by Gasteiger charge is 2.76. The van der Waals surface area contributed by atoms with Gasteiger partial charge in [0.25, 0.3) is 5.56 Å². The lowest BCUT2D eigenvalue weighted by atomic mass is 10.1. The summed E-state index contributed by atoms with van der Waals surface area (Å²) in [5.41, 5.74) is -4.68. The van der Waals surface area contributed by atoms with Crippen molar-refractivity contribution < 1.29 is 24.6 Å². The minimum Gasteiger partial charge on any atom is -0.258 e. The third-order valence-electron chi connectivity index (χ3n) is 2.52. The second kappa shape index (κ2) is 5.31. The Balaban J connectivity index is 4.01. The van der Waals surface area contributed by atoms with Gasteiger partial charge in [0.2, 0.25) is 0 Å². The van der Waals surface area contributed by atoms with E-state index in [1.807, 2.05) is 0 Å². The fourth-order valence-corrected chi connectivity index (χ4v) is 1.64. The molecule has 0 radical (unpaired) electrons. The molecule has 116 valence electrons. The van der Waals surface area contributed by atoms with E-state index in [4.69, 9.17) is 0 Å². The van der Waals surface area contributed by atoms with Gasteiger partial charge in [-0.05, 0) is 6.07 Å². The normalized spacial score (nSPS) is 10.7. The van der Waals surface area contributed by atoms with E-state index in [-0.39, 0.29) is 0 Å². The number of rotatable bonds is 6. The third kappa shape index (κ3) is 2.11. The Labute approximate surface area is 117 Å². The summed E-state index contributed by atoms with van der Waals surface area (Å²) >= 11 is 0. The van der Waals surface area contributed by atoms with E-state index in [0.717, 1.165) is 0 Å². The first-order chi connectivity index (χ1) is 10.1. The topological polar surface area (TPSA) is 216 Å². The molecule has 0 heterocycles.